The second-order valence-electron chi connectivity index (χ2n) is 8.19. The van der Waals surface area contributed by atoms with Crippen LogP contribution in [0.25, 0.3) is 16.7 Å². The number of nitrogens with zero attached hydrogens (tertiary/aromatic N) is 5. The Balaban J connectivity index is 1.95. The van der Waals surface area contributed by atoms with Crippen LogP contribution >= 0.6 is 11.6 Å². The molecule has 0 spiro atoms. The van der Waals surface area contributed by atoms with E-state index >= 15 is 0 Å². The molecule has 0 radical (unpaired) electrons. The summed E-state index contributed by atoms with van der Waals surface area (Å²) in [7, 11) is 0. The second-order valence-corrected chi connectivity index (χ2v) is 8.60. The molecule has 0 atom stereocenters. The van der Waals surface area contributed by atoms with E-state index in [1.807, 2.05) is 0 Å². The van der Waals surface area contributed by atoms with Crippen molar-refractivity contribution in [1.29, 1.82) is 0 Å². The third-order valence-electron chi connectivity index (χ3n) is 5.09. The zero-order chi connectivity index (χ0) is 25.5. The van der Waals surface area contributed by atoms with Crippen molar-refractivity contribution >= 4 is 39.8 Å². The molecule has 0 aliphatic rings. The first kappa shape index (κ1) is 24.6. The predicted molar refractivity (Wildman–Crippen MR) is 119 cm³/mol. The molecule has 0 bridgehead atoms. The smallest absolute Gasteiger partial charge is 0.257 e. The van der Waals surface area contributed by atoms with Gasteiger partial charge in [0.05, 0.1) is 22.5 Å². The Morgan fingerprint density at radius 2 is 1.77 bits per heavy atom. The minimum atomic E-state index is -2.92. The van der Waals surface area contributed by atoms with E-state index in [0.717, 1.165) is 29.2 Å². The number of aromatic nitrogens is 4. The van der Waals surface area contributed by atoms with Gasteiger partial charge in [-0.2, -0.15) is 4.98 Å². The Morgan fingerprint density at radius 1 is 1.06 bits per heavy atom. The first-order valence-corrected chi connectivity index (χ1v) is 10.5. The number of hydrogen-bond donors (Lipinski definition) is 0. The summed E-state index contributed by atoms with van der Waals surface area (Å²) in [4.78, 5) is 5.20. The van der Waals surface area contributed by atoms with Crippen LogP contribution < -0.4 is 4.90 Å². The summed E-state index contributed by atoms with van der Waals surface area (Å²) in [5, 5.41) is 7.54. The van der Waals surface area contributed by atoms with E-state index in [4.69, 9.17) is 11.6 Å². The number of fused-ring (bicyclic) bond motifs is 3. The molecule has 35 heavy (non-hydrogen) atoms. The lowest BCUT2D eigenvalue weighted by molar-refractivity contribution is 0.0570. The molecule has 0 fully saturated rings. The van der Waals surface area contributed by atoms with Crippen LogP contribution in [-0.4, -0.2) is 39.0 Å². The summed E-state index contributed by atoms with van der Waals surface area (Å²) in [6, 6.07) is 5.27. The molecule has 0 unspecified atom stereocenters. The normalized spacial score (nSPS) is 12.0. The maximum absolute atomic E-state index is 14.5. The summed E-state index contributed by atoms with van der Waals surface area (Å²) < 4.78 is 83.8. The Kier molecular flexibility index (Phi) is 6.51. The molecule has 0 aliphatic carbocycles. The van der Waals surface area contributed by atoms with Crippen molar-refractivity contribution in [3.8, 4) is 11.8 Å². The Hall–Kier alpha value is -3.52. The van der Waals surface area contributed by atoms with E-state index in [0.29, 0.717) is 0 Å². The summed E-state index contributed by atoms with van der Waals surface area (Å²) >= 11 is 6.24. The number of benzene rings is 2. The quantitative estimate of drug-likeness (QED) is 0.234. The van der Waals surface area contributed by atoms with Gasteiger partial charge in [-0.3, -0.25) is 4.40 Å². The van der Waals surface area contributed by atoms with Gasteiger partial charge in [-0.15, -0.1) is 10.2 Å². The number of rotatable bonds is 5. The molecule has 0 aliphatic heterocycles. The van der Waals surface area contributed by atoms with Crippen molar-refractivity contribution in [3.63, 3.8) is 0 Å². The standard InChI is InChI=1S/C23H16ClF6N5/c1-23(2,21(29)30)4-3-12-5-13(25)7-15(6-12)34(10-18(27)28)20-16-8-14(26)9-17(24)19(16)35-11-31-33-22(35)32-20/h5-9,11,18,21H,10H2,1-2H3. The Morgan fingerprint density at radius 3 is 2.46 bits per heavy atom. The summed E-state index contributed by atoms with van der Waals surface area (Å²) in [6.45, 7) is 1.48. The lowest BCUT2D eigenvalue weighted by atomic mass is 9.95. The zero-order valence-electron chi connectivity index (χ0n) is 18.2. The van der Waals surface area contributed by atoms with Gasteiger partial charge in [0.15, 0.2) is 0 Å². The van der Waals surface area contributed by atoms with E-state index in [1.54, 1.807) is 0 Å². The van der Waals surface area contributed by atoms with Gasteiger partial charge in [0.1, 0.15) is 23.8 Å². The highest BCUT2D eigenvalue weighted by Crippen LogP contribution is 2.36. The van der Waals surface area contributed by atoms with Crippen LogP contribution in [0.3, 0.4) is 0 Å². The molecule has 4 aromatic rings. The van der Waals surface area contributed by atoms with E-state index in [1.165, 1.54) is 30.6 Å². The van der Waals surface area contributed by atoms with Crippen LogP contribution in [0.1, 0.15) is 19.4 Å². The van der Waals surface area contributed by atoms with Gasteiger partial charge in [0.2, 0.25) is 0 Å². The number of halogens is 7. The highest BCUT2D eigenvalue weighted by Gasteiger charge is 2.27. The van der Waals surface area contributed by atoms with Gasteiger partial charge in [0, 0.05) is 16.6 Å². The average molecular weight is 512 g/mol. The summed E-state index contributed by atoms with van der Waals surface area (Å²) in [5.41, 5.74) is -1.61. The molecule has 2 aromatic heterocycles. The third kappa shape index (κ3) is 4.98. The summed E-state index contributed by atoms with van der Waals surface area (Å²) in [6.07, 6.45) is -4.40. The molecule has 4 rings (SSSR count). The molecule has 182 valence electrons. The minimum Gasteiger partial charge on any atom is -0.320 e. The van der Waals surface area contributed by atoms with E-state index in [-0.39, 0.29) is 38.8 Å². The zero-order valence-corrected chi connectivity index (χ0v) is 19.0. The molecule has 0 amide bonds. The number of hydrogen-bond acceptors (Lipinski definition) is 4. The molecule has 0 saturated heterocycles. The highest BCUT2D eigenvalue weighted by atomic mass is 35.5. The van der Waals surface area contributed by atoms with Crippen LogP contribution in [-0.2, 0) is 0 Å². The fourth-order valence-electron chi connectivity index (χ4n) is 3.35. The first-order valence-electron chi connectivity index (χ1n) is 10.1. The first-order chi connectivity index (χ1) is 16.5. The Labute approximate surface area is 200 Å². The van der Waals surface area contributed by atoms with Crippen LogP contribution in [0.2, 0.25) is 5.02 Å². The van der Waals surface area contributed by atoms with E-state index < -0.39 is 36.4 Å². The largest absolute Gasteiger partial charge is 0.320 e. The molecular formula is C23H16ClF6N5. The lowest BCUT2D eigenvalue weighted by Crippen LogP contribution is -2.25. The van der Waals surface area contributed by atoms with Crippen molar-refractivity contribution in [3.05, 3.63) is 58.9 Å². The molecule has 5 nitrogen and oxygen atoms in total. The monoisotopic (exact) mass is 511 g/mol. The molecular weight excluding hydrogens is 496 g/mol. The number of anilines is 2. The Bertz CT molecular complexity index is 1470. The molecule has 2 aromatic carbocycles. The van der Waals surface area contributed by atoms with Gasteiger partial charge in [-0.05, 0) is 44.2 Å². The van der Waals surface area contributed by atoms with Crippen LogP contribution in [0.4, 0.5) is 37.8 Å². The molecule has 2 heterocycles. The van der Waals surface area contributed by atoms with Crippen molar-refractivity contribution in [2.45, 2.75) is 26.7 Å². The van der Waals surface area contributed by atoms with Crippen LogP contribution in [0.5, 0.6) is 0 Å². The van der Waals surface area contributed by atoms with Gasteiger partial charge >= 0.3 is 0 Å². The molecule has 0 N–H and O–H groups in total. The SMILES string of the molecule is CC(C)(C#Cc1cc(F)cc(N(CC(F)F)c2nc3nncn3c3c(Cl)cc(F)cc23)c1)C(F)F. The van der Waals surface area contributed by atoms with Gasteiger partial charge in [-0.1, -0.05) is 23.4 Å². The maximum atomic E-state index is 14.5. The predicted octanol–water partition coefficient (Wildman–Crippen LogP) is 6.26. The summed E-state index contributed by atoms with van der Waals surface area (Å²) in [5.74, 6) is 3.05. The topological polar surface area (TPSA) is 46.3 Å². The maximum Gasteiger partial charge on any atom is 0.257 e. The van der Waals surface area contributed by atoms with E-state index in [2.05, 4.69) is 27.0 Å². The van der Waals surface area contributed by atoms with Gasteiger partial charge in [0.25, 0.3) is 18.6 Å². The average Bonchev–Trinajstić information content (AvgIpc) is 3.23. The van der Waals surface area contributed by atoms with Crippen molar-refractivity contribution < 1.29 is 26.3 Å². The minimum absolute atomic E-state index is 0.0182. The van der Waals surface area contributed by atoms with Gasteiger partial charge in [-0.25, -0.2) is 26.3 Å². The fourth-order valence-corrected chi connectivity index (χ4v) is 3.64. The van der Waals surface area contributed by atoms with Crippen molar-refractivity contribution in [2.75, 3.05) is 11.4 Å². The fraction of sp³-hybridized carbons (Fsp3) is 0.261. The highest BCUT2D eigenvalue weighted by molar-refractivity contribution is 6.35. The van der Waals surface area contributed by atoms with Crippen LogP contribution in [0, 0.1) is 28.9 Å². The second kappa shape index (κ2) is 9.26. The van der Waals surface area contributed by atoms with Crippen LogP contribution in [0.15, 0.2) is 36.7 Å². The van der Waals surface area contributed by atoms with E-state index in [9.17, 15) is 26.3 Å². The molecule has 12 heteroatoms. The van der Waals surface area contributed by atoms with Gasteiger partial charge < -0.3 is 4.90 Å². The molecule has 0 saturated carbocycles. The lowest BCUT2D eigenvalue weighted by Gasteiger charge is -2.25. The van der Waals surface area contributed by atoms with Crippen molar-refractivity contribution in [2.24, 2.45) is 5.41 Å². The third-order valence-corrected chi connectivity index (χ3v) is 5.38. The number of alkyl halides is 4. The van der Waals surface area contributed by atoms with Crippen molar-refractivity contribution in [1.82, 2.24) is 19.6 Å².